The van der Waals surface area contributed by atoms with Crippen LogP contribution in [-0.4, -0.2) is 6.61 Å². The van der Waals surface area contributed by atoms with E-state index in [1.54, 1.807) is 11.3 Å². The zero-order valence-corrected chi connectivity index (χ0v) is 11.3. The molecule has 1 heterocycles. The molecule has 0 aliphatic carbocycles. The van der Waals surface area contributed by atoms with Crippen LogP contribution in [0, 0.1) is 0 Å². The number of rotatable bonds is 4. The van der Waals surface area contributed by atoms with Gasteiger partial charge in [0.25, 0.3) is 0 Å². The minimum Gasteiger partial charge on any atom is -0.494 e. The van der Waals surface area contributed by atoms with Crippen LogP contribution in [0.4, 0.5) is 0 Å². The van der Waals surface area contributed by atoms with E-state index in [9.17, 15) is 0 Å². The smallest absolute Gasteiger partial charge is 0.119 e. The van der Waals surface area contributed by atoms with Crippen molar-refractivity contribution in [2.24, 2.45) is 5.73 Å². The Kier molecular flexibility index (Phi) is 5.48. The van der Waals surface area contributed by atoms with Crippen molar-refractivity contribution in [3.63, 3.8) is 0 Å². The van der Waals surface area contributed by atoms with Gasteiger partial charge in [0, 0.05) is 4.88 Å². The molecule has 2 N–H and O–H groups in total. The molecule has 1 aromatic heterocycles. The number of nitrogens with two attached hydrogens (primary N) is 1. The maximum Gasteiger partial charge on any atom is 0.119 e. The monoisotopic (exact) mass is 269 g/mol. The van der Waals surface area contributed by atoms with Gasteiger partial charge in [-0.05, 0) is 36.1 Å². The molecular formula is C13H16ClNOS. The van der Waals surface area contributed by atoms with Crippen molar-refractivity contribution in [3.8, 4) is 5.75 Å². The molecule has 0 bridgehead atoms. The Hall–Kier alpha value is -1.03. The van der Waals surface area contributed by atoms with Crippen molar-refractivity contribution in [3.05, 3.63) is 52.2 Å². The summed E-state index contributed by atoms with van der Waals surface area (Å²) in [4.78, 5) is 1.17. The second-order valence-electron chi connectivity index (χ2n) is 3.50. The molecule has 92 valence electrons. The van der Waals surface area contributed by atoms with Crippen LogP contribution >= 0.6 is 23.7 Å². The number of thiophene rings is 1. The predicted molar refractivity (Wildman–Crippen MR) is 75.2 cm³/mol. The quantitative estimate of drug-likeness (QED) is 0.920. The predicted octanol–water partition coefficient (Wildman–Crippen LogP) is 3.62. The van der Waals surface area contributed by atoms with E-state index in [0.717, 1.165) is 11.3 Å². The fourth-order valence-electron chi connectivity index (χ4n) is 1.60. The highest BCUT2D eigenvalue weighted by Crippen LogP contribution is 2.26. The van der Waals surface area contributed by atoms with Crippen LogP contribution in [0.15, 0.2) is 41.8 Å². The Morgan fingerprint density at radius 2 is 2.12 bits per heavy atom. The van der Waals surface area contributed by atoms with Crippen LogP contribution in [0.5, 0.6) is 5.75 Å². The van der Waals surface area contributed by atoms with E-state index in [1.807, 2.05) is 42.6 Å². The first-order chi connectivity index (χ1) is 7.81. The van der Waals surface area contributed by atoms with Gasteiger partial charge in [0.15, 0.2) is 0 Å². The normalized spacial score (nSPS) is 11.6. The lowest BCUT2D eigenvalue weighted by Gasteiger charge is -2.11. The molecule has 2 rings (SSSR count). The molecule has 0 saturated carbocycles. The van der Waals surface area contributed by atoms with Crippen LogP contribution < -0.4 is 10.5 Å². The van der Waals surface area contributed by atoms with Gasteiger partial charge in [-0.15, -0.1) is 23.7 Å². The van der Waals surface area contributed by atoms with Crippen LogP contribution in [0.3, 0.4) is 0 Å². The number of benzene rings is 1. The Morgan fingerprint density at radius 1 is 1.29 bits per heavy atom. The van der Waals surface area contributed by atoms with Gasteiger partial charge in [-0.25, -0.2) is 0 Å². The summed E-state index contributed by atoms with van der Waals surface area (Å²) >= 11 is 1.68. The van der Waals surface area contributed by atoms with Gasteiger partial charge in [0.1, 0.15) is 5.75 Å². The highest BCUT2D eigenvalue weighted by atomic mass is 35.5. The standard InChI is InChI=1S/C13H15NOS.ClH/c1-2-15-11-6-3-5-10(9-11)13(14)12-7-4-8-16-12;/h3-9,13H,2,14H2,1H3;1H/t13-;/m0./s1. The molecule has 0 saturated heterocycles. The summed E-state index contributed by atoms with van der Waals surface area (Å²) in [5.41, 5.74) is 7.27. The maximum absolute atomic E-state index is 6.18. The lowest BCUT2D eigenvalue weighted by Crippen LogP contribution is -2.10. The average molecular weight is 270 g/mol. The molecule has 0 aliphatic heterocycles. The van der Waals surface area contributed by atoms with Crippen molar-refractivity contribution in [2.75, 3.05) is 6.61 Å². The topological polar surface area (TPSA) is 35.2 Å². The van der Waals surface area contributed by atoms with E-state index in [0.29, 0.717) is 6.61 Å². The van der Waals surface area contributed by atoms with E-state index < -0.39 is 0 Å². The number of ether oxygens (including phenoxy) is 1. The van der Waals surface area contributed by atoms with Crippen molar-refractivity contribution in [2.45, 2.75) is 13.0 Å². The van der Waals surface area contributed by atoms with Gasteiger partial charge in [0.2, 0.25) is 0 Å². The summed E-state index contributed by atoms with van der Waals surface area (Å²) in [6.07, 6.45) is 0. The minimum atomic E-state index is -0.0552. The molecule has 0 unspecified atom stereocenters. The third-order valence-corrected chi connectivity index (χ3v) is 3.33. The largest absolute Gasteiger partial charge is 0.494 e. The maximum atomic E-state index is 6.18. The van der Waals surface area contributed by atoms with Crippen LogP contribution in [-0.2, 0) is 0 Å². The molecule has 0 amide bonds. The van der Waals surface area contributed by atoms with Crippen LogP contribution in [0.2, 0.25) is 0 Å². The zero-order chi connectivity index (χ0) is 11.4. The molecule has 0 fully saturated rings. The minimum absolute atomic E-state index is 0. The molecule has 1 atom stereocenters. The first-order valence-electron chi connectivity index (χ1n) is 5.33. The van der Waals surface area contributed by atoms with E-state index in [2.05, 4.69) is 6.07 Å². The van der Waals surface area contributed by atoms with Gasteiger partial charge in [-0.1, -0.05) is 18.2 Å². The van der Waals surface area contributed by atoms with Gasteiger partial charge in [-0.3, -0.25) is 0 Å². The first kappa shape index (κ1) is 14.0. The van der Waals surface area contributed by atoms with Crippen molar-refractivity contribution in [1.29, 1.82) is 0 Å². The van der Waals surface area contributed by atoms with Crippen molar-refractivity contribution in [1.82, 2.24) is 0 Å². The van der Waals surface area contributed by atoms with Gasteiger partial charge < -0.3 is 10.5 Å². The molecule has 4 heteroatoms. The molecule has 1 aromatic carbocycles. The van der Waals surface area contributed by atoms with Crippen LogP contribution in [0.1, 0.15) is 23.4 Å². The third kappa shape index (κ3) is 3.46. The lowest BCUT2D eigenvalue weighted by molar-refractivity contribution is 0.340. The Morgan fingerprint density at radius 3 is 2.76 bits per heavy atom. The fourth-order valence-corrected chi connectivity index (χ4v) is 2.35. The third-order valence-electron chi connectivity index (χ3n) is 2.38. The average Bonchev–Trinajstić information content (AvgIpc) is 2.82. The van der Waals surface area contributed by atoms with Gasteiger partial charge >= 0.3 is 0 Å². The van der Waals surface area contributed by atoms with Gasteiger partial charge in [0.05, 0.1) is 12.6 Å². The highest BCUT2D eigenvalue weighted by molar-refractivity contribution is 7.10. The number of hydrogen-bond donors (Lipinski definition) is 1. The van der Waals surface area contributed by atoms with E-state index >= 15 is 0 Å². The van der Waals surface area contributed by atoms with Crippen LogP contribution in [0.25, 0.3) is 0 Å². The summed E-state index contributed by atoms with van der Waals surface area (Å²) in [5.74, 6) is 0.881. The first-order valence-corrected chi connectivity index (χ1v) is 6.21. The Balaban J connectivity index is 0.00000144. The number of halogens is 1. The summed E-state index contributed by atoms with van der Waals surface area (Å²) in [5, 5.41) is 2.04. The Bertz CT molecular complexity index is 444. The van der Waals surface area contributed by atoms with Crippen molar-refractivity contribution < 1.29 is 4.74 Å². The highest BCUT2D eigenvalue weighted by Gasteiger charge is 2.10. The molecule has 17 heavy (non-hydrogen) atoms. The summed E-state index contributed by atoms with van der Waals surface area (Å²) in [6, 6.07) is 12.0. The van der Waals surface area contributed by atoms with Crippen molar-refractivity contribution >= 4 is 23.7 Å². The summed E-state index contributed by atoms with van der Waals surface area (Å²) in [7, 11) is 0. The fraction of sp³-hybridized carbons (Fsp3) is 0.231. The second-order valence-corrected chi connectivity index (χ2v) is 4.48. The van der Waals surface area contributed by atoms with E-state index in [4.69, 9.17) is 10.5 Å². The summed E-state index contributed by atoms with van der Waals surface area (Å²) in [6.45, 7) is 2.66. The van der Waals surface area contributed by atoms with Gasteiger partial charge in [-0.2, -0.15) is 0 Å². The molecule has 0 spiro atoms. The Labute approximate surface area is 112 Å². The summed E-state index contributed by atoms with van der Waals surface area (Å²) < 4.78 is 5.46. The lowest BCUT2D eigenvalue weighted by atomic mass is 10.1. The van der Waals surface area contributed by atoms with E-state index in [1.165, 1.54) is 4.88 Å². The molecule has 2 aromatic rings. The zero-order valence-electron chi connectivity index (χ0n) is 9.63. The second kappa shape index (κ2) is 6.64. The molecule has 2 nitrogen and oxygen atoms in total. The van der Waals surface area contributed by atoms with E-state index in [-0.39, 0.29) is 18.4 Å². The number of hydrogen-bond acceptors (Lipinski definition) is 3. The molecular weight excluding hydrogens is 254 g/mol. The SMILES string of the molecule is CCOc1cccc([C@H](N)c2cccs2)c1.Cl. The molecule has 0 radical (unpaired) electrons. The molecule has 0 aliphatic rings.